The number of nitrogen functional groups attached to an aromatic ring is 1. The van der Waals surface area contributed by atoms with E-state index in [2.05, 4.69) is 28.9 Å². The van der Waals surface area contributed by atoms with Crippen molar-refractivity contribution in [3.8, 4) is 0 Å². The van der Waals surface area contributed by atoms with Crippen LogP contribution in [0.3, 0.4) is 0 Å². The molecule has 0 aliphatic carbocycles. The Hall–Kier alpha value is -1.46. The fourth-order valence-corrected chi connectivity index (χ4v) is 2.57. The van der Waals surface area contributed by atoms with Gasteiger partial charge in [-0.05, 0) is 57.7 Å². The summed E-state index contributed by atoms with van der Waals surface area (Å²) in [6.07, 6.45) is 4.17. The summed E-state index contributed by atoms with van der Waals surface area (Å²) in [5.41, 5.74) is 7.21. The first-order valence-electron chi connectivity index (χ1n) is 6.74. The predicted molar refractivity (Wildman–Crippen MR) is 77.2 cm³/mol. The molecular formula is C14H23N5. The van der Waals surface area contributed by atoms with Crippen LogP contribution in [0.25, 0.3) is 0 Å². The maximum absolute atomic E-state index is 7.43. The van der Waals surface area contributed by atoms with Crippen LogP contribution in [0.4, 0.5) is 0 Å². The third-order valence-corrected chi connectivity index (χ3v) is 3.84. The van der Waals surface area contributed by atoms with Crippen LogP contribution in [-0.2, 0) is 6.54 Å². The highest BCUT2D eigenvalue weighted by atomic mass is 15.2. The highest BCUT2D eigenvalue weighted by molar-refractivity contribution is 5.93. The zero-order valence-corrected chi connectivity index (χ0v) is 11.8. The number of aromatic nitrogens is 1. The molecule has 104 valence electrons. The fourth-order valence-electron chi connectivity index (χ4n) is 2.57. The predicted octanol–water partition coefficient (Wildman–Crippen LogP) is 0.892. The summed E-state index contributed by atoms with van der Waals surface area (Å²) >= 11 is 0. The van der Waals surface area contributed by atoms with E-state index in [1.807, 2.05) is 12.1 Å². The van der Waals surface area contributed by atoms with Crippen molar-refractivity contribution in [3.05, 3.63) is 29.6 Å². The molecule has 3 N–H and O–H groups in total. The van der Waals surface area contributed by atoms with E-state index in [0.29, 0.717) is 11.7 Å². The Morgan fingerprint density at radius 1 is 1.53 bits per heavy atom. The number of amidine groups is 1. The topological polar surface area (TPSA) is 69.2 Å². The molecule has 2 heterocycles. The molecule has 0 radical (unpaired) electrons. The summed E-state index contributed by atoms with van der Waals surface area (Å²) in [4.78, 5) is 8.87. The molecule has 1 fully saturated rings. The zero-order valence-electron chi connectivity index (χ0n) is 11.8. The van der Waals surface area contributed by atoms with Crippen molar-refractivity contribution in [1.82, 2.24) is 14.8 Å². The quantitative estimate of drug-likeness (QED) is 0.624. The lowest BCUT2D eigenvalue weighted by Crippen LogP contribution is -2.41. The number of pyridine rings is 1. The number of nitrogens with two attached hydrogens (primary N) is 1. The van der Waals surface area contributed by atoms with E-state index < -0.39 is 0 Å². The van der Waals surface area contributed by atoms with E-state index in [9.17, 15) is 0 Å². The van der Waals surface area contributed by atoms with Gasteiger partial charge in [0.05, 0.1) is 0 Å². The largest absolute Gasteiger partial charge is 0.382 e. The second-order valence-corrected chi connectivity index (χ2v) is 5.41. The Morgan fingerprint density at radius 3 is 2.84 bits per heavy atom. The van der Waals surface area contributed by atoms with Gasteiger partial charge in [0.1, 0.15) is 11.5 Å². The van der Waals surface area contributed by atoms with Gasteiger partial charge in [-0.15, -0.1) is 0 Å². The number of nitrogens with one attached hydrogen (secondary N) is 1. The second-order valence-electron chi connectivity index (χ2n) is 5.41. The zero-order chi connectivity index (χ0) is 13.8. The molecule has 1 saturated heterocycles. The van der Waals surface area contributed by atoms with E-state index in [0.717, 1.165) is 6.54 Å². The molecule has 0 bridgehead atoms. The first-order valence-corrected chi connectivity index (χ1v) is 6.74. The van der Waals surface area contributed by atoms with Crippen molar-refractivity contribution in [1.29, 1.82) is 5.41 Å². The van der Waals surface area contributed by atoms with Gasteiger partial charge in [-0.2, -0.15) is 0 Å². The Balaban J connectivity index is 1.96. The molecule has 0 amide bonds. The van der Waals surface area contributed by atoms with Gasteiger partial charge in [-0.3, -0.25) is 15.3 Å². The average Bonchev–Trinajstić information content (AvgIpc) is 2.39. The maximum atomic E-state index is 7.43. The molecule has 0 unspecified atom stereocenters. The van der Waals surface area contributed by atoms with E-state index in [1.165, 1.54) is 31.5 Å². The summed E-state index contributed by atoms with van der Waals surface area (Å²) in [5, 5.41) is 7.43. The van der Waals surface area contributed by atoms with Crippen molar-refractivity contribution in [2.75, 3.05) is 27.2 Å². The number of piperidine rings is 1. The van der Waals surface area contributed by atoms with Crippen molar-refractivity contribution >= 4 is 5.84 Å². The Kier molecular flexibility index (Phi) is 4.50. The molecule has 0 atom stereocenters. The summed E-state index contributed by atoms with van der Waals surface area (Å²) in [7, 11) is 4.35. The monoisotopic (exact) mass is 261 g/mol. The van der Waals surface area contributed by atoms with Gasteiger partial charge in [0.2, 0.25) is 0 Å². The van der Waals surface area contributed by atoms with Crippen molar-refractivity contribution in [2.45, 2.75) is 25.4 Å². The molecule has 5 heteroatoms. The van der Waals surface area contributed by atoms with Gasteiger partial charge in [0.25, 0.3) is 0 Å². The van der Waals surface area contributed by atoms with Crippen LogP contribution >= 0.6 is 0 Å². The van der Waals surface area contributed by atoms with Gasteiger partial charge >= 0.3 is 0 Å². The first-order chi connectivity index (χ1) is 9.06. The van der Waals surface area contributed by atoms with E-state index in [-0.39, 0.29) is 5.84 Å². The lowest BCUT2D eigenvalue weighted by atomic mass is 10.0. The third kappa shape index (κ3) is 3.75. The molecule has 1 aliphatic rings. The molecule has 2 rings (SSSR count). The van der Waals surface area contributed by atoms with E-state index >= 15 is 0 Å². The second kappa shape index (κ2) is 6.12. The minimum atomic E-state index is 0.0313. The highest BCUT2D eigenvalue weighted by Crippen LogP contribution is 2.16. The Morgan fingerprint density at radius 2 is 2.21 bits per heavy atom. The van der Waals surface area contributed by atoms with E-state index in [1.54, 1.807) is 6.20 Å². The lowest BCUT2D eigenvalue weighted by Gasteiger charge is -2.35. The van der Waals surface area contributed by atoms with Crippen LogP contribution in [0.1, 0.15) is 24.1 Å². The Labute approximate surface area is 114 Å². The molecule has 1 aliphatic heterocycles. The van der Waals surface area contributed by atoms with Crippen molar-refractivity contribution in [3.63, 3.8) is 0 Å². The summed E-state index contributed by atoms with van der Waals surface area (Å²) in [6.45, 7) is 3.23. The average molecular weight is 261 g/mol. The minimum absolute atomic E-state index is 0.0313. The number of rotatable bonds is 4. The van der Waals surface area contributed by atoms with Crippen molar-refractivity contribution in [2.24, 2.45) is 5.73 Å². The first kappa shape index (κ1) is 14.0. The summed E-state index contributed by atoms with van der Waals surface area (Å²) in [6, 6.07) is 4.55. The van der Waals surface area contributed by atoms with Gasteiger partial charge < -0.3 is 10.6 Å². The van der Waals surface area contributed by atoms with Crippen LogP contribution in [0, 0.1) is 5.41 Å². The number of likely N-dealkylation sites (tertiary alicyclic amines) is 1. The fraction of sp³-hybridized carbons (Fsp3) is 0.571. The van der Waals surface area contributed by atoms with Gasteiger partial charge in [-0.25, -0.2) is 0 Å². The standard InChI is InChI=1S/C14H23N5/c1-18-7-4-12(5-8-18)19(2)10-11-3-6-17-13(9-11)14(15)16/h3,6,9,12H,4-5,7-8,10H2,1-2H3,(H3,15,16). The SMILES string of the molecule is CN1CCC(N(C)Cc2ccnc(C(=N)N)c2)CC1. The van der Waals surface area contributed by atoms with Crippen LogP contribution < -0.4 is 5.73 Å². The third-order valence-electron chi connectivity index (χ3n) is 3.84. The van der Waals surface area contributed by atoms with Crippen molar-refractivity contribution < 1.29 is 0 Å². The molecule has 0 spiro atoms. The molecule has 1 aromatic heterocycles. The molecule has 0 aromatic carbocycles. The normalized spacial score (nSPS) is 17.8. The molecule has 5 nitrogen and oxygen atoms in total. The molecule has 19 heavy (non-hydrogen) atoms. The van der Waals surface area contributed by atoms with Gasteiger partial charge in [0, 0.05) is 18.8 Å². The summed E-state index contributed by atoms with van der Waals surface area (Å²) < 4.78 is 0. The molecular weight excluding hydrogens is 238 g/mol. The van der Waals surface area contributed by atoms with Crippen LogP contribution in [0.2, 0.25) is 0 Å². The smallest absolute Gasteiger partial charge is 0.141 e. The Bertz CT molecular complexity index is 437. The summed E-state index contributed by atoms with van der Waals surface area (Å²) in [5.74, 6) is 0.0313. The maximum Gasteiger partial charge on any atom is 0.141 e. The number of nitrogens with zero attached hydrogens (tertiary/aromatic N) is 3. The van der Waals surface area contributed by atoms with Crippen LogP contribution in [0.15, 0.2) is 18.3 Å². The molecule has 0 saturated carbocycles. The van der Waals surface area contributed by atoms with Gasteiger partial charge in [0.15, 0.2) is 0 Å². The number of hydrogen-bond donors (Lipinski definition) is 2. The van der Waals surface area contributed by atoms with Crippen LogP contribution in [0.5, 0.6) is 0 Å². The minimum Gasteiger partial charge on any atom is -0.382 e. The van der Waals surface area contributed by atoms with Gasteiger partial charge in [-0.1, -0.05) is 0 Å². The number of hydrogen-bond acceptors (Lipinski definition) is 4. The highest BCUT2D eigenvalue weighted by Gasteiger charge is 2.20. The van der Waals surface area contributed by atoms with E-state index in [4.69, 9.17) is 11.1 Å². The lowest BCUT2D eigenvalue weighted by molar-refractivity contribution is 0.139. The van der Waals surface area contributed by atoms with Crippen LogP contribution in [-0.4, -0.2) is 53.8 Å². The molecule has 1 aromatic rings.